The molecule has 9 aromatic rings. The van der Waals surface area contributed by atoms with Crippen LogP contribution in [0.25, 0.3) is 32.7 Å². The van der Waals surface area contributed by atoms with Crippen LogP contribution in [0.1, 0.15) is 74.5 Å². The summed E-state index contributed by atoms with van der Waals surface area (Å²) in [7, 11) is 2.57. The number of pyridine rings is 3. The van der Waals surface area contributed by atoms with Crippen molar-refractivity contribution in [2.75, 3.05) is 30.2 Å². The van der Waals surface area contributed by atoms with Crippen molar-refractivity contribution >= 4 is 144 Å². The average Bonchev–Trinajstić information content (AvgIpc) is 1.57. The molecule has 2 saturated carbocycles. The van der Waals surface area contributed by atoms with Gasteiger partial charge in [0, 0.05) is 64.7 Å². The van der Waals surface area contributed by atoms with E-state index in [1.54, 1.807) is 111 Å². The fraction of sp³-hybridized carbons (Fsp3) is 0.232. The van der Waals surface area contributed by atoms with Gasteiger partial charge in [-0.05, 0) is 123 Å². The molecule has 11 rings (SSSR count). The number of carbonyl (C=O) groups excluding carboxylic acids is 7. The number of aromatic nitrogens is 3. The summed E-state index contributed by atoms with van der Waals surface area (Å²) in [6, 6.07) is 45.6. The highest BCUT2D eigenvalue weighted by molar-refractivity contribution is 6.53. The minimum absolute atomic E-state index is 0.0674. The topological polar surface area (TPSA) is 300 Å². The minimum atomic E-state index is -1.18. The Morgan fingerprint density at radius 3 is 1.08 bits per heavy atom. The fourth-order valence-electron chi connectivity index (χ4n) is 10.1. The predicted octanol–water partition coefficient (Wildman–Crippen LogP) is 11.0. The Morgan fingerprint density at radius 2 is 0.763 bits per heavy atom. The summed E-state index contributed by atoms with van der Waals surface area (Å²) in [5.41, 5.74) is 11.8. The van der Waals surface area contributed by atoms with E-state index in [0.29, 0.717) is 52.2 Å². The third-order valence-corrected chi connectivity index (χ3v) is 18.3. The van der Waals surface area contributed by atoms with Crippen molar-refractivity contribution in [1.82, 2.24) is 25.6 Å². The van der Waals surface area contributed by atoms with E-state index in [1.807, 2.05) is 84.9 Å². The number of nitrogens with zero attached hydrogens (tertiary/aromatic N) is 3. The number of esters is 2. The number of ether oxygens (including phenoxy) is 2. The molecule has 20 nitrogen and oxygen atoms in total. The third-order valence-electron chi connectivity index (χ3n) is 16.1. The molecular weight excluding hydrogens is 1270 g/mol. The van der Waals surface area contributed by atoms with Gasteiger partial charge in [0.2, 0.25) is 11.8 Å². The Bertz CT molecular complexity index is 4300. The summed E-state index contributed by atoms with van der Waals surface area (Å²) >= 11 is 24.2. The number of alkyl halides is 4. The van der Waals surface area contributed by atoms with E-state index in [9.17, 15) is 43.5 Å². The molecule has 24 heteroatoms. The maximum Gasteiger partial charge on any atom is 0.328 e. The SMILES string of the molecule is CC1(C(=O)NC(Cc2ccc(NC(=O)c3ccnc4ccccc34)cc2)C(=O)O)CC1(Cl)Cl.COC(=O)C(Cc1ccc(NC(=O)c2ccnc3ccccc23)cc1)NC(=O)C1(C)CC1(Cl)Cl.COC(=O)C(N)Cc1ccc(NC(=O)c2ccnc3ccccc23)cc1. The van der Waals surface area contributed by atoms with Crippen LogP contribution in [-0.2, 0) is 52.7 Å². The van der Waals surface area contributed by atoms with Crippen LogP contribution in [0.5, 0.6) is 0 Å². The van der Waals surface area contributed by atoms with Gasteiger partial charge in [0.05, 0.1) is 58.3 Å². The highest BCUT2D eigenvalue weighted by atomic mass is 35.5. The number of carboxylic acid groups (broad SMARTS) is 1. The molecule has 2 aliphatic carbocycles. The molecule has 2 fully saturated rings. The Kier molecular flexibility index (Phi) is 21.1. The second-order valence-corrected chi connectivity index (χ2v) is 25.6. The van der Waals surface area contributed by atoms with E-state index in [-0.39, 0.29) is 37.0 Å². The van der Waals surface area contributed by atoms with Crippen LogP contribution in [0, 0.1) is 10.8 Å². The number of rotatable bonds is 19. The smallest absolute Gasteiger partial charge is 0.328 e. The van der Waals surface area contributed by atoms with E-state index < -0.39 is 67.3 Å². The number of halogens is 4. The van der Waals surface area contributed by atoms with Gasteiger partial charge in [-0.25, -0.2) is 9.59 Å². The van der Waals surface area contributed by atoms with Crippen molar-refractivity contribution in [1.29, 1.82) is 0 Å². The van der Waals surface area contributed by atoms with E-state index >= 15 is 0 Å². The van der Waals surface area contributed by atoms with E-state index in [2.05, 4.69) is 46.3 Å². The molecule has 478 valence electrons. The molecule has 93 heavy (non-hydrogen) atoms. The molecule has 0 saturated heterocycles. The molecule has 0 spiro atoms. The highest BCUT2D eigenvalue weighted by Gasteiger charge is 2.69. The predicted molar refractivity (Wildman–Crippen MR) is 357 cm³/mol. The van der Waals surface area contributed by atoms with Gasteiger partial charge in [-0.15, -0.1) is 46.4 Å². The molecule has 0 radical (unpaired) electrons. The molecule has 5 amide bonds. The number of para-hydroxylation sites is 3. The number of anilines is 3. The number of methoxy groups -OCH3 is 2. The van der Waals surface area contributed by atoms with E-state index in [1.165, 1.54) is 14.2 Å². The normalized spacial score (nSPS) is 17.2. The second-order valence-electron chi connectivity index (χ2n) is 22.7. The standard InChI is InChI=1S/C25H23Cl2N3O4.C24H21Cl2N3O4.C20H19N3O3/c1-24(14-25(24,26)27)23(33)30-20(22(32)34-2)13-15-7-9-16(10-8-15)29-21(31)18-11-12-28-19-6-4-3-5-17(18)19;1-23(13-24(23,25)26)22(33)29-19(21(31)32)12-14-6-8-15(9-7-14)28-20(30)17-10-11-27-18-5-3-2-4-16(17)18;1-26-20(25)17(21)12-13-6-8-14(9-7-13)23-19(24)16-10-11-22-18-5-3-2-4-15(16)18/h3-12,20H,13-14H2,1-2H3,(H,29,31)(H,30,33);2-11,19H,12-13H2,1H3,(H,28,30)(H,29,33)(H,31,32);2-11,17H,12,21H2,1H3,(H,23,24). The molecule has 2 aliphatic rings. The average molecular weight is 1340 g/mol. The van der Waals surface area contributed by atoms with Gasteiger partial charge >= 0.3 is 17.9 Å². The van der Waals surface area contributed by atoms with Crippen LogP contribution >= 0.6 is 46.4 Å². The lowest BCUT2D eigenvalue weighted by Crippen LogP contribution is -2.46. The number of carbonyl (C=O) groups is 8. The first kappa shape index (κ1) is 67.8. The maximum absolute atomic E-state index is 12.8. The molecule has 0 aliphatic heterocycles. The van der Waals surface area contributed by atoms with Crippen molar-refractivity contribution < 1.29 is 52.9 Å². The monoisotopic (exact) mass is 1330 g/mol. The van der Waals surface area contributed by atoms with E-state index in [4.69, 9.17) is 56.9 Å². The minimum Gasteiger partial charge on any atom is -0.480 e. The Morgan fingerprint density at radius 1 is 0.462 bits per heavy atom. The molecule has 0 bridgehead atoms. The van der Waals surface area contributed by atoms with Gasteiger partial charge in [-0.2, -0.15) is 0 Å². The molecule has 6 aromatic carbocycles. The number of nitrogens with one attached hydrogen (secondary N) is 5. The first-order valence-corrected chi connectivity index (χ1v) is 30.6. The van der Waals surface area contributed by atoms with Crippen LogP contribution < -0.4 is 32.3 Å². The van der Waals surface area contributed by atoms with Crippen molar-refractivity contribution in [3.63, 3.8) is 0 Å². The van der Waals surface area contributed by atoms with Crippen LogP contribution in [0.3, 0.4) is 0 Å². The van der Waals surface area contributed by atoms with Gasteiger partial charge in [-0.1, -0.05) is 91.0 Å². The summed E-state index contributed by atoms with van der Waals surface area (Å²) in [4.78, 5) is 111. The van der Waals surface area contributed by atoms with Crippen LogP contribution in [-0.4, -0.2) is 109 Å². The molecule has 8 N–H and O–H groups in total. The summed E-state index contributed by atoms with van der Waals surface area (Å²) < 4.78 is 7.15. The third kappa shape index (κ3) is 16.2. The zero-order chi connectivity index (χ0) is 66.8. The largest absolute Gasteiger partial charge is 0.480 e. The second kappa shape index (κ2) is 28.9. The van der Waals surface area contributed by atoms with Gasteiger partial charge in [0.1, 0.15) is 26.8 Å². The van der Waals surface area contributed by atoms with Crippen molar-refractivity contribution in [2.24, 2.45) is 16.6 Å². The summed E-state index contributed by atoms with van der Waals surface area (Å²) in [6.07, 6.45) is 6.02. The van der Waals surface area contributed by atoms with Crippen LogP contribution in [0.2, 0.25) is 0 Å². The lowest BCUT2D eigenvalue weighted by atomic mass is 10.0. The summed E-state index contributed by atoms with van der Waals surface area (Å²) in [5.74, 6) is -3.82. The molecule has 3 heterocycles. The highest BCUT2D eigenvalue weighted by Crippen LogP contribution is 2.64. The number of fused-ring (bicyclic) bond motifs is 3. The van der Waals surface area contributed by atoms with Crippen molar-refractivity contribution in [2.45, 2.75) is 72.7 Å². The Hall–Kier alpha value is -9.57. The van der Waals surface area contributed by atoms with Crippen LogP contribution in [0.15, 0.2) is 182 Å². The van der Waals surface area contributed by atoms with Gasteiger partial charge in [0.25, 0.3) is 17.7 Å². The van der Waals surface area contributed by atoms with Gasteiger partial charge in [-0.3, -0.25) is 43.7 Å². The number of carboxylic acids is 1. The number of hydrogen-bond acceptors (Lipinski definition) is 14. The van der Waals surface area contributed by atoms with Crippen molar-refractivity contribution in [3.05, 3.63) is 216 Å². The maximum atomic E-state index is 12.8. The zero-order valence-electron chi connectivity index (χ0n) is 50.5. The van der Waals surface area contributed by atoms with Gasteiger partial charge in [0.15, 0.2) is 0 Å². The lowest BCUT2D eigenvalue weighted by Gasteiger charge is -2.20. The Labute approximate surface area is 554 Å². The lowest BCUT2D eigenvalue weighted by molar-refractivity contribution is -0.145. The first-order valence-electron chi connectivity index (χ1n) is 29.1. The van der Waals surface area contributed by atoms with Crippen LogP contribution in [0.4, 0.5) is 17.1 Å². The molecular formula is C69H63Cl4N9O11. The fourth-order valence-corrected chi connectivity index (χ4v) is 11.5. The van der Waals surface area contributed by atoms with E-state index in [0.717, 1.165) is 43.8 Å². The number of benzene rings is 6. The number of amides is 5. The summed E-state index contributed by atoms with van der Waals surface area (Å²) in [5, 5.41) is 25.7. The molecule has 5 unspecified atom stereocenters. The first-order chi connectivity index (χ1) is 44.3. The quantitative estimate of drug-likeness (QED) is 0.0292. The number of aliphatic carboxylic acids is 1. The number of nitrogens with two attached hydrogens (primary N) is 1. The Balaban J connectivity index is 0.000000166. The summed E-state index contributed by atoms with van der Waals surface area (Å²) in [6.45, 7) is 3.25. The van der Waals surface area contributed by atoms with Crippen molar-refractivity contribution in [3.8, 4) is 0 Å². The number of hydrogen-bond donors (Lipinski definition) is 7. The van der Waals surface area contributed by atoms with Gasteiger partial charge < -0.3 is 46.9 Å². The molecule has 5 atom stereocenters. The molecule has 3 aromatic heterocycles. The zero-order valence-corrected chi connectivity index (χ0v) is 53.6.